The molecule has 3 N–H and O–H groups in total. The lowest BCUT2D eigenvalue weighted by Crippen LogP contribution is -2.34. The average molecular weight is 255 g/mol. The van der Waals surface area contributed by atoms with Crippen LogP contribution in [0, 0.1) is 6.92 Å². The van der Waals surface area contributed by atoms with E-state index >= 15 is 0 Å². The minimum atomic E-state index is -0.892. The van der Waals surface area contributed by atoms with Crippen LogP contribution in [0.25, 0.3) is 0 Å². The number of aliphatic hydroxyl groups excluding tert-OH is 2. The molecule has 0 aliphatic carbocycles. The summed E-state index contributed by atoms with van der Waals surface area (Å²) in [6.07, 6.45) is -2.63. The van der Waals surface area contributed by atoms with Gasteiger partial charge in [-0.05, 0) is 13.0 Å². The lowest BCUT2D eigenvalue weighted by atomic mass is 10.0. The van der Waals surface area contributed by atoms with Crippen LogP contribution in [0.1, 0.15) is 17.4 Å². The second-order valence-electron chi connectivity index (χ2n) is 4.37. The molecule has 100 valence electrons. The molecule has 1 unspecified atom stereocenters. The van der Waals surface area contributed by atoms with Crippen molar-refractivity contribution >= 4 is 0 Å². The standard InChI is InChI=1S/C12H17NO5/c1-6-7(3-4-9(15)13-6)11-12(17-2)10(16)8(5-14)18-11/h3-4,8,10-12,14,16H,5H2,1-2H3,(H,13,15)/t8-,10?,11+,12+/m1/s1. The Hall–Kier alpha value is -1.21. The van der Waals surface area contributed by atoms with Crippen LogP contribution in [0.15, 0.2) is 16.9 Å². The summed E-state index contributed by atoms with van der Waals surface area (Å²) in [7, 11) is 1.48. The topological polar surface area (TPSA) is 91.8 Å². The maximum atomic E-state index is 11.2. The van der Waals surface area contributed by atoms with Gasteiger partial charge in [0.1, 0.15) is 24.4 Å². The largest absolute Gasteiger partial charge is 0.394 e. The molecule has 0 radical (unpaired) electrons. The van der Waals surface area contributed by atoms with Crippen molar-refractivity contribution in [3.8, 4) is 0 Å². The highest BCUT2D eigenvalue weighted by Crippen LogP contribution is 2.35. The van der Waals surface area contributed by atoms with Crippen LogP contribution in [-0.4, -0.2) is 47.2 Å². The van der Waals surface area contributed by atoms with E-state index in [4.69, 9.17) is 14.6 Å². The maximum absolute atomic E-state index is 11.2. The number of rotatable bonds is 3. The number of hydrogen-bond acceptors (Lipinski definition) is 5. The molecular formula is C12H17NO5. The van der Waals surface area contributed by atoms with E-state index in [0.29, 0.717) is 5.69 Å². The number of aliphatic hydroxyl groups is 2. The third-order valence-corrected chi connectivity index (χ3v) is 3.25. The number of pyridine rings is 1. The Bertz CT molecular complexity index is 472. The first-order chi connectivity index (χ1) is 8.58. The van der Waals surface area contributed by atoms with Crippen molar-refractivity contribution in [2.45, 2.75) is 31.3 Å². The van der Waals surface area contributed by atoms with E-state index in [1.807, 2.05) is 0 Å². The highest BCUT2D eigenvalue weighted by Gasteiger charge is 2.44. The van der Waals surface area contributed by atoms with E-state index in [9.17, 15) is 9.90 Å². The number of ether oxygens (including phenoxy) is 2. The van der Waals surface area contributed by atoms with Gasteiger partial charge in [0.15, 0.2) is 0 Å². The van der Waals surface area contributed by atoms with Gasteiger partial charge in [-0.25, -0.2) is 0 Å². The second-order valence-corrected chi connectivity index (χ2v) is 4.37. The monoisotopic (exact) mass is 255 g/mol. The van der Waals surface area contributed by atoms with Crippen LogP contribution in [-0.2, 0) is 9.47 Å². The molecule has 0 spiro atoms. The molecule has 0 bridgehead atoms. The Morgan fingerprint density at radius 2 is 2.22 bits per heavy atom. The van der Waals surface area contributed by atoms with Crippen molar-refractivity contribution in [3.05, 3.63) is 33.7 Å². The number of methoxy groups -OCH3 is 1. The lowest BCUT2D eigenvalue weighted by Gasteiger charge is -2.20. The third-order valence-electron chi connectivity index (χ3n) is 3.25. The van der Waals surface area contributed by atoms with Gasteiger partial charge in [-0.1, -0.05) is 0 Å². The molecule has 1 aromatic heterocycles. The minimum absolute atomic E-state index is 0.192. The molecule has 6 heteroatoms. The molecule has 1 aliphatic rings. The van der Waals surface area contributed by atoms with Crippen LogP contribution in [0.4, 0.5) is 0 Å². The quantitative estimate of drug-likeness (QED) is 0.676. The van der Waals surface area contributed by atoms with Gasteiger partial charge in [0.2, 0.25) is 5.56 Å². The third kappa shape index (κ3) is 2.20. The van der Waals surface area contributed by atoms with E-state index in [1.165, 1.54) is 13.2 Å². The number of aromatic nitrogens is 1. The number of nitrogens with one attached hydrogen (secondary N) is 1. The molecule has 2 rings (SSSR count). The van der Waals surface area contributed by atoms with Crippen LogP contribution >= 0.6 is 0 Å². The summed E-state index contributed by atoms with van der Waals surface area (Å²) in [5, 5.41) is 19.1. The zero-order valence-corrected chi connectivity index (χ0v) is 10.3. The molecule has 1 saturated heterocycles. The summed E-state index contributed by atoms with van der Waals surface area (Å²) in [5.74, 6) is 0. The predicted molar refractivity (Wildman–Crippen MR) is 63.3 cm³/mol. The SMILES string of the molecule is CO[C@H]1C(O)[C@@H](CO)O[C@H]1c1ccc(=O)[nH]c1C. The number of aryl methyl sites for hydroxylation is 1. The summed E-state index contributed by atoms with van der Waals surface area (Å²) in [6.45, 7) is 1.48. The van der Waals surface area contributed by atoms with E-state index in [0.717, 1.165) is 5.56 Å². The van der Waals surface area contributed by atoms with Gasteiger partial charge >= 0.3 is 0 Å². The van der Waals surface area contributed by atoms with Gasteiger partial charge in [0.05, 0.1) is 6.61 Å². The Labute approximate surface area is 104 Å². The summed E-state index contributed by atoms with van der Waals surface area (Å²) in [6, 6.07) is 3.05. The van der Waals surface area contributed by atoms with Gasteiger partial charge in [-0.3, -0.25) is 4.79 Å². The van der Waals surface area contributed by atoms with E-state index in [1.54, 1.807) is 13.0 Å². The summed E-state index contributed by atoms with van der Waals surface area (Å²) in [5.41, 5.74) is 1.22. The molecule has 0 amide bonds. The first-order valence-electron chi connectivity index (χ1n) is 5.75. The van der Waals surface area contributed by atoms with Gasteiger partial charge < -0.3 is 24.7 Å². The molecular weight excluding hydrogens is 238 g/mol. The average Bonchev–Trinajstić information content (AvgIpc) is 2.65. The first kappa shape index (κ1) is 13.2. The molecule has 18 heavy (non-hydrogen) atoms. The smallest absolute Gasteiger partial charge is 0.248 e. The van der Waals surface area contributed by atoms with E-state index < -0.39 is 24.4 Å². The van der Waals surface area contributed by atoms with Crippen LogP contribution in [0.5, 0.6) is 0 Å². The fraction of sp³-hybridized carbons (Fsp3) is 0.583. The molecule has 4 atom stereocenters. The van der Waals surface area contributed by atoms with Gasteiger partial charge in [-0.2, -0.15) is 0 Å². The first-order valence-corrected chi connectivity index (χ1v) is 5.75. The van der Waals surface area contributed by atoms with Gasteiger partial charge in [0, 0.05) is 24.4 Å². The Morgan fingerprint density at radius 3 is 2.78 bits per heavy atom. The number of hydrogen-bond donors (Lipinski definition) is 3. The van der Waals surface area contributed by atoms with E-state index in [-0.39, 0.29) is 12.2 Å². The fourth-order valence-electron chi connectivity index (χ4n) is 2.30. The molecule has 1 fully saturated rings. The van der Waals surface area contributed by atoms with Crippen molar-refractivity contribution in [1.82, 2.24) is 4.98 Å². The Kier molecular flexibility index (Phi) is 3.82. The molecule has 2 heterocycles. The predicted octanol–water partition coefficient (Wildman–Crippen LogP) is -0.509. The van der Waals surface area contributed by atoms with Crippen LogP contribution in [0.3, 0.4) is 0 Å². The summed E-state index contributed by atoms with van der Waals surface area (Å²) < 4.78 is 10.8. The van der Waals surface area contributed by atoms with Crippen molar-refractivity contribution < 1.29 is 19.7 Å². The second kappa shape index (κ2) is 5.19. The van der Waals surface area contributed by atoms with Crippen molar-refractivity contribution in [3.63, 3.8) is 0 Å². The Morgan fingerprint density at radius 1 is 1.50 bits per heavy atom. The highest BCUT2D eigenvalue weighted by molar-refractivity contribution is 5.24. The van der Waals surface area contributed by atoms with E-state index in [2.05, 4.69) is 4.98 Å². The van der Waals surface area contributed by atoms with Crippen molar-refractivity contribution in [2.24, 2.45) is 0 Å². The zero-order chi connectivity index (χ0) is 13.3. The summed E-state index contributed by atoms with van der Waals surface area (Å²) in [4.78, 5) is 13.8. The Balaban J connectivity index is 2.34. The molecule has 1 aliphatic heterocycles. The van der Waals surface area contributed by atoms with Crippen LogP contribution < -0.4 is 5.56 Å². The minimum Gasteiger partial charge on any atom is -0.394 e. The lowest BCUT2D eigenvalue weighted by molar-refractivity contribution is -0.0237. The zero-order valence-electron chi connectivity index (χ0n) is 10.3. The van der Waals surface area contributed by atoms with Gasteiger partial charge in [-0.15, -0.1) is 0 Å². The number of H-pyrrole nitrogens is 1. The van der Waals surface area contributed by atoms with Crippen molar-refractivity contribution in [2.75, 3.05) is 13.7 Å². The summed E-state index contributed by atoms with van der Waals surface area (Å²) >= 11 is 0. The molecule has 1 aromatic rings. The van der Waals surface area contributed by atoms with Gasteiger partial charge in [0.25, 0.3) is 0 Å². The molecule has 0 saturated carbocycles. The molecule has 6 nitrogen and oxygen atoms in total. The molecule has 0 aromatic carbocycles. The number of aromatic amines is 1. The van der Waals surface area contributed by atoms with Crippen LogP contribution in [0.2, 0.25) is 0 Å². The normalized spacial score (nSPS) is 31.8. The fourth-order valence-corrected chi connectivity index (χ4v) is 2.30. The van der Waals surface area contributed by atoms with Crippen molar-refractivity contribution in [1.29, 1.82) is 0 Å². The highest BCUT2D eigenvalue weighted by atomic mass is 16.6. The maximum Gasteiger partial charge on any atom is 0.248 e.